The van der Waals surface area contributed by atoms with E-state index in [4.69, 9.17) is 36.5 Å². The molecule has 4 aromatic rings. The molecule has 0 fully saturated rings. The molecule has 254 valence electrons. The Labute approximate surface area is 292 Å². The molecule has 2 aromatic heterocycles. The van der Waals surface area contributed by atoms with Gasteiger partial charge in [0.2, 0.25) is 0 Å². The van der Waals surface area contributed by atoms with Gasteiger partial charge in [0.25, 0.3) is 0 Å². The van der Waals surface area contributed by atoms with Crippen LogP contribution in [0.15, 0.2) is 48.5 Å². The number of benzene rings is 2. The van der Waals surface area contributed by atoms with Crippen LogP contribution < -0.4 is 0 Å². The summed E-state index contributed by atoms with van der Waals surface area (Å²) >= 11 is 3.45. The first-order valence-electron chi connectivity index (χ1n) is 16.2. The molecule has 0 N–H and O–H groups in total. The van der Waals surface area contributed by atoms with Crippen LogP contribution in [0.25, 0.3) is 20.4 Å². The maximum absolute atomic E-state index is 6.46. The van der Waals surface area contributed by atoms with Crippen LogP contribution in [-0.2, 0) is 26.6 Å². The predicted molar refractivity (Wildman–Crippen MR) is 200 cm³/mol. The normalized spacial score (nSPS) is 15.4. The monoisotopic (exact) mass is 740 g/mol. The largest absolute Gasteiger partial charge is 0.505 e. The molecule has 2 heterocycles. The fourth-order valence-electron chi connectivity index (χ4n) is 5.44. The van der Waals surface area contributed by atoms with Gasteiger partial charge in [-0.15, -0.1) is 22.7 Å². The van der Waals surface area contributed by atoms with Crippen molar-refractivity contribution in [2.75, 3.05) is 39.6 Å². The van der Waals surface area contributed by atoms with Crippen molar-refractivity contribution in [3.63, 3.8) is 0 Å². The molecule has 8 nitrogen and oxygen atoms in total. The Morgan fingerprint density at radius 2 is 0.848 bits per heavy atom. The van der Waals surface area contributed by atoms with Crippen molar-refractivity contribution in [2.45, 2.75) is 77.0 Å². The smallest absolute Gasteiger partial charge is 0.374 e. The van der Waals surface area contributed by atoms with E-state index in [9.17, 15) is 0 Å². The molecular weight excluding hydrogens is 693 g/mol. The summed E-state index contributed by atoms with van der Waals surface area (Å²) in [5, 5.41) is 1.90. The number of fused-ring (bicyclic) bond motifs is 2. The molecule has 0 radical (unpaired) electrons. The van der Waals surface area contributed by atoms with E-state index in [1.54, 1.807) is 44.3 Å². The summed E-state index contributed by atoms with van der Waals surface area (Å²) in [7, 11) is -2.65. The van der Waals surface area contributed by atoms with Gasteiger partial charge < -0.3 is 26.6 Å². The topological polar surface area (TPSA) is 81.2 Å². The van der Waals surface area contributed by atoms with Gasteiger partial charge in [0.15, 0.2) is 0 Å². The molecule has 4 rings (SSSR count). The molecule has 0 spiro atoms. The molecule has 14 heteroatoms. The Morgan fingerprint density at radius 3 is 1.13 bits per heavy atom. The Balaban J connectivity index is 1.81. The van der Waals surface area contributed by atoms with Gasteiger partial charge in [-0.2, -0.15) is 0 Å². The maximum Gasteiger partial charge on any atom is 0.505 e. The maximum atomic E-state index is 6.46. The van der Waals surface area contributed by atoms with Gasteiger partial charge in [0, 0.05) is 50.7 Å². The van der Waals surface area contributed by atoms with Gasteiger partial charge in [0.1, 0.15) is 10.0 Å². The molecule has 46 heavy (non-hydrogen) atoms. The Bertz CT molecular complexity index is 1280. The van der Waals surface area contributed by atoms with Crippen LogP contribution in [0.4, 0.5) is 0 Å². The number of aromatic nitrogens is 2. The highest BCUT2D eigenvalue weighted by atomic mass is 33.1. The Hall–Kier alpha value is -0.886. The summed E-state index contributed by atoms with van der Waals surface area (Å²) in [5.74, 6) is 0. The minimum absolute atomic E-state index is 0.0786. The van der Waals surface area contributed by atoms with Crippen LogP contribution in [0.2, 0.25) is 11.1 Å². The van der Waals surface area contributed by atoms with Crippen molar-refractivity contribution in [1.82, 2.24) is 9.97 Å². The second-order valence-electron chi connectivity index (χ2n) is 10.5. The second-order valence-corrected chi connectivity index (χ2v) is 21.1. The molecule has 0 aliphatic heterocycles. The first-order valence-corrected chi connectivity index (χ1v) is 23.7. The van der Waals surface area contributed by atoms with E-state index in [-0.39, 0.29) is 21.6 Å². The van der Waals surface area contributed by atoms with Crippen LogP contribution in [0.1, 0.15) is 75.9 Å². The van der Waals surface area contributed by atoms with E-state index in [1.807, 2.05) is 53.7 Å². The quantitative estimate of drug-likeness (QED) is 0.0608. The number of hydrogen-bond acceptors (Lipinski definition) is 12. The molecule has 0 bridgehead atoms. The summed E-state index contributed by atoms with van der Waals surface area (Å²) in [6, 6.07) is 16.6. The molecule has 0 saturated heterocycles. The van der Waals surface area contributed by atoms with Crippen molar-refractivity contribution in [3.05, 3.63) is 58.5 Å². The third-order valence-electron chi connectivity index (χ3n) is 7.47. The summed E-state index contributed by atoms with van der Waals surface area (Å²) in [6.07, 6.45) is 0. The molecule has 4 unspecified atom stereocenters. The number of rotatable bonds is 21. The molecular formula is C32H48N2O6S4Si2. The SMILES string of the molecule is CCO[Si](OCC)(OCC)C(C)C(SSC(c1nc2ccccc2s1)C(C)[Si](OCC)(OCC)OCC)c1nc2ccccc2s1. The lowest BCUT2D eigenvalue weighted by Gasteiger charge is -2.38. The van der Waals surface area contributed by atoms with Crippen LogP contribution in [0.5, 0.6) is 0 Å². The van der Waals surface area contributed by atoms with E-state index >= 15 is 0 Å². The van der Waals surface area contributed by atoms with Crippen molar-refractivity contribution in [3.8, 4) is 0 Å². The third-order valence-corrected chi connectivity index (χ3v) is 20.9. The molecule has 4 atom stereocenters. The minimum atomic E-state index is -3.12. The summed E-state index contributed by atoms with van der Waals surface area (Å²) in [4.78, 5) is 10.3. The highest BCUT2D eigenvalue weighted by Gasteiger charge is 2.54. The summed E-state index contributed by atoms with van der Waals surface area (Å²) < 4.78 is 41.1. The van der Waals surface area contributed by atoms with Gasteiger partial charge in [-0.05, 0) is 65.8 Å². The van der Waals surface area contributed by atoms with Crippen LogP contribution >= 0.6 is 44.3 Å². The first kappa shape index (κ1) is 37.9. The average Bonchev–Trinajstić information content (AvgIpc) is 3.67. The number of nitrogens with zero attached hydrogens (tertiary/aromatic N) is 2. The lowest BCUT2D eigenvalue weighted by atomic mass is 10.3. The lowest BCUT2D eigenvalue weighted by molar-refractivity contribution is 0.0613. The lowest BCUT2D eigenvalue weighted by Crippen LogP contribution is -2.51. The van der Waals surface area contributed by atoms with Crippen molar-refractivity contribution < 1.29 is 26.6 Å². The van der Waals surface area contributed by atoms with E-state index in [2.05, 4.69) is 50.2 Å². The second kappa shape index (κ2) is 18.2. The van der Waals surface area contributed by atoms with Crippen molar-refractivity contribution >= 4 is 82.3 Å². The van der Waals surface area contributed by atoms with Crippen LogP contribution in [0, 0.1) is 0 Å². The predicted octanol–water partition coefficient (Wildman–Crippen LogP) is 9.95. The van der Waals surface area contributed by atoms with Gasteiger partial charge in [0.05, 0.1) is 30.9 Å². The average molecular weight is 741 g/mol. The zero-order valence-electron chi connectivity index (χ0n) is 28.1. The third kappa shape index (κ3) is 8.63. The fraction of sp³-hybridized carbons (Fsp3) is 0.562. The molecule has 0 aliphatic carbocycles. The summed E-state index contributed by atoms with van der Waals surface area (Å²) in [6.45, 7) is 19.5. The van der Waals surface area contributed by atoms with Crippen molar-refractivity contribution in [1.29, 1.82) is 0 Å². The standard InChI is InChI=1S/C32H48N2O6S4Si2/c1-9-35-45(36-10-2,37-11-3)23(7)29(31-33-25-19-15-17-21-27(25)41-31)43-44-30(32-34-26-20-16-18-22-28(26)42-32)24(8)46(38-12-4,39-13-5)40-14-6/h15-24,29-30H,9-14H2,1-8H3. The van der Waals surface area contributed by atoms with E-state index in [0.29, 0.717) is 39.6 Å². The number of hydrogen-bond donors (Lipinski definition) is 0. The first-order chi connectivity index (χ1) is 22.3. The van der Waals surface area contributed by atoms with Crippen molar-refractivity contribution in [2.24, 2.45) is 0 Å². The minimum Gasteiger partial charge on any atom is -0.374 e. The van der Waals surface area contributed by atoms with Crippen LogP contribution in [0.3, 0.4) is 0 Å². The molecule has 0 saturated carbocycles. The Morgan fingerprint density at radius 1 is 0.543 bits per heavy atom. The zero-order chi connectivity index (χ0) is 33.2. The highest BCUT2D eigenvalue weighted by Crippen LogP contribution is 2.59. The summed E-state index contributed by atoms with van der Waals surface area (Å²) in [5.41, 5.74) is 1.83. The van der Waals surface area contributed by atoms with Crippen LogP contribution in [-0.4, -0.2) is 67.2 Å². The van der Waals surface area contributed by atoms with E-state index in [1.165, 1.54) is 0 Å². The molecule has 0 amide bonds. The van der Waals surface area contributed by atoms with Gasteiger partial charge in [-0.1, -0.05) is 59.7 Å². The van der Waals surface area contributed by atoms with E-state index in [0.717, 1.165) is 30.4 Å². The number of thiazole rings is 2. The zero-order valence-corrected chi connectivity index (χ0v) is 33.4. The molecule has 2 aromatic carbocycles. The van der Waals surface area contributed by atoms with Gasteiger partial charge in [-0.3, -0.25) is 0 Å². The highest BCUT2D eigenvalue weighted by molar-refractivity contribution is 8.76. The Kier molecular flexibility index (Phi) is 15.0. The van der Waals surface area contributed by atoms with Gasteiger partial charge >= 0.3 is 17.6 Å². The number of para-hydroxylation sites is 2. The molecule has 0 aliphatic rings. The fourth-order valence-corrected chi connectivity index (χ4v) is 19.4. The van der Waals surface area contributed by atoms with Gasteiger partial charge in [-0.25, -0.2) is 9.97 Å². The van der Waals surface area contributed by atoms with E-state index < -0.39 is 17.6 Å².